The number of pyridine rings is 1. The SMILES string of the molecule is COc1ccc2nccc(C(F)CC[C@@H]3CCN(CCCSc4cccc(C(F)(F)F)c4)C[C@@H]3CC(=O)O)c2c1. The Hall–Kier alpha value is -2.85. The highest BCUT2D eigenvalue weighted by molar-refractivity contribution is 7.99. The molecule has 1 N–H and O–H groups in total. The first kappa shape index (κ1) is 30.1. The molecule has 10 heteroatoms. The van der Waals surface area contributed by atoms with Crippen molar-refractivity contribution in [3.8, 4) is 5.75 Å². The number of halogens is 4. The molecule has 0 spiro atoms. The summed E-state index contributed by atoms with van der Waals surface area (Å²) in [5.74, 6) is 0.465. The number of carboxylic acids is 1. The van der Waals surface area contributed by atoms with Gasteiger partial charge in [-0.1, -0.05) is 6.07 Å². The summed E-state index contributed by atoms with van der Waals surface area (Å²) in [6.45, 7) is 2.16. The Morgan fingerprint density at radius 2 is 2.02 bits per heavy atom. The Bertz CT molecular complexity index is 1290. The summed E-state index contributed by atoms with van der Waals surface area (Å²) >= 11 is 1.39. The van der Waals surface area contributed by atoms with E-state index in [0.717, 1.165) is 32.0 Å². The normalized spacial score (nSPS) is 19.0. The van der Waals surface area contributed by atoms with Crippen LogP contribution in [0.3, 0.4) is 0 Å². The molecule has 5 nitrogen and oxygen atoms in total. The lowest BCUT2D eigenvalue weighted by Gasteiger charge is -2.38. The zero-order chi connectivity index (χ0) is 28.7. The third kappa shape index (κ3) is 8.10. The lowest BCUT2D eigenvalue weighted by Crippen LogP contribution is -2.42. The smallest absolute Gasteiger partial charge is 0.416 e. The highest BCUT2D eigenvalue weighted by atomic mass is 32.2. The van der Waals surface area contributed by atoms with E-state index in [2.05, 4.69) is 9.88 Å². The van der Waals surface area contributed by atoms with Gasteiger partial charge >= 0.3 is 12.1 Å². The Labute approximate surface area is 235 Å². The molecule has 3 atom stereocenters. The number of rotatable bonds is 12. The monoisotopic (exact) mass is 578 g/mol. The molecule has 2 heterocycles. The van der Waals surface area contributed by atoms with Crippen molar-refractivity contribution < 1.29 is 32.2 Å². The number of hydrogen-bond acceptors (Lipinski definition) is 5. The third-order valence-electron chi connectivity index (χ3n) is 7.57. The first-order valence-electron chi connectivity index (χ1n) is 13.4. The second kappa shape index (κ2) is 13.7. The Kier molecular flexibility index (Phi) is 10.3. The fourth-order valence-electron chi connectivity index (χ4n) is 5.50. The highest BCUT2D eigenvalue weighted by Gasteiger charge is 2.32. The number of benzene rings is 2. The predicted octanol–water partition coefficient (Wildman–Crippen LogP) is 7.65. The largest absolute Gasteiger partial charge is 0.497 e. The molecule has 0 bridgehead atoms. The van der Waals surface area contributed by atoms with Gasteiger partial charge in [0, 0.05) is 29.4 Å². The number of likely N-dealkylation sites (tertiary alicyclic amines) is 1. The predicted molar refractivity (Wildman–Crippen MR) is 148 cm³/mol. The summed E-state index contributed by atoms with van der Waals surface area (Å²) < 4.78 is 59.6. The van der Waals surface area contributed by atoms with E-state index in [1.54, 1.807) is 43.6 Å². The van der Waals surface area contributed by atoms with Crippen molar-refractivity contribution in [2.24, 2.45) is 11.8 Å². The molecular weight excluding hydrogens is 544 g/mol. The van der Waals surface area contributed by atoms with Gasteiger partial charge in [0.2, 0.25) is 0 Å². The van der Waals surface area contributed by atoms with Gasteiger partial charge in [-0.15, -0.1) is 11.8 Å². The molecule has 1 aliphatic rings. The molecule has 1 unspecified atom stereocenters. The summed E-state index contributed by atoms with van der Waals surface area (Å²) in [7, 11) is 1.56. The number of carboxylic acid groups (broad SMARTS) is 1. The third-order valence-corrected chi connectivity index (χ3v) is 8.65. The average Bonchev–Trinajstić information content (AvgIpc) is 2.93. The number of aromatic nitrogens is 1. The number of thioether (sulfide) groups is 1. The zero-order valence-corrected chi connectivity index (χ0v) is 23.2. The van der Waals surface area contributed by atoms with Gasteiger partial charge in [-0.3, -0.25) is 9.78 Å². The molecule has 1 aliphatic heterocycles. The quantitative estimate of drug-likeness (QED) is 0.135. The average molecular weight is 579 g/mol. The van der Waals surface area contributed by atoms with Crippen molar-refractivity contribution in [3.05, 3.63) is 65.9 Å². The molecule has 40 heavy (non-hydrogen) atoms. The van der Waals surface area contributed by atoms with Crippen molar-refractivity contribution in [3.63, 3.8) is 0 Å². The zero-order valence-electron chi connectivity index (χ0n) is 22.4. The Morgan fingerprint density at radius 3 is 2.77 bits per heavy atom. The van der Waals surface area contributed by atoms with Crippen LogP contribution < -0.4 is 4.74 Å². The number of hydrogen-bond donors (Lipinski definition) is 1. The number of piperidine rings is 1. The molecule has 1 aromatic heterocycles. The van der Waals surface area contributed by atoms with E-state index in [0.29, 0.717) is 52.3 Å². The number of alkyl halides is 4. The Morgan fingerprint density at radius 1 is 1.20 bits per heavy atom. The molecule has 4 rings (SSSR count). The van der Waals surface area contributed by atoms with E-state index in [1.165, 1.54) is 23.9 Å². The maximum atomic E-state index is 15.5. The van der Waals surface area contributed by atoms with Crippen LogP contribution in [-0.4, -0.2) is 53.5 Å². The maximum absolute atomic E-state index is 15.5. The number of nitrogens with zero attached hydrogens (tertiary/aromatic N) is 2. The molecule has 1 saturated heterocycles. The van der Waals surface area contributed by atoms with E-state index in [-0.39, 0.29) is 18.3 Å². The summed E-state index contributed by atoms with van der Waals surface area (Å²) in [4.78, 5) is 18.7. The van der Waals surface area contributed by atoms with Gasteiger partial charge in [-0.25, -0.2) is 4.39 Å². The van der Waals surface area contributed by atoms with Gasteiger partial charge in [0.15, 0.2) is 0 Å². The Balaban J connectivity index is 1.29. The van der Waals surface area contributed by atoms with Crippen LogP contribution >= 0.6 is 11.8 Å². The maximum Gasteiger partial charge on any atom is 0.416 e. The van der Waals surface area contributed by atoms with Crippen molar-refractivity contribution in [1.29, 1.82) is 0 Å². The van der Waals surface area contributed by atoms with Crippen LogP contribution in [0.4, 0.5) is 17.6 Å². The van der Waals surface area contributed by atoms with E-state index in [9.17, 15) is 23.1 Å². The van der Waals surface area contributed by atoms with Crippen LogP contribution in [0.5, 0.6) is 5.75 Å². The second-order valence-electron chi connectivity index (χ2n) is 10.3. The van der Waals surface area contributed by atoms with E-state index in [1.807, 2.05) is 0 Å². The minimum Gasteiger partial charge on any atom is -0.497 e. The minimum absolute atomic E-state index is 0.0342. The van der Waals surface area contributed by atoms with Gasteiger partial charge in [-0.2, -0.15) is 13.2 Å². The number of ether oxygens (including phenoxy) is 1. The molecule has 0 aliphatic carbocycles. The van der Waals surface area contributed by atoms with Crippen LogP contribution in [-0.2, 0) is 11.0 Å². The first-order chi connectivity index (χ1) is 19.1. The molecule has 2 aromatic carbocycles. The van der Waals surface area contributed by atoms with E-state index in [4.69, 9.17) is 4.74 Å². The van der Waals surface area contributed by atoms with Gasteiger partial charge in [0.1, 0.15) is 11.9 Å². The number of fused-ring (bicyclic) bond motifs is 1. The topological polar surface area (TPSA) is 62.7 Å². The first-order valence-corrected chi connectivity index (χ1v) is 14.4. The molecule has 3 aromatic rings. The van der Waals surface area contributed by atoms with Crippen LogP contribution in [0.2, 0.25) is 0 Å². The fourth-order valence-corrected chi connectivity index (χ4v) is 6.39. The summed E-state index contributed by atoms with van der Waals surface area (Å²) in [5.41, 5.74) is 0.613. The molecule has 1 fully saturated rings. The number of methoxy groups -OCH3 is 1. The van der Waals surface area contributed by atoms with Crippen molar-refractivity contribution >= 4 is 28.6 Å². The number of aliphatic carboxylic acids is 1. The molecule has 0 saturated carbocycles. The van der Waals surface area contributed by atoms with Crippen molar-refractivity contribution in [2.75, 3.05) is 32.5 Å². The van der Waals surface area contributed by atoms with Crippen molar-refractivity contribution in [2.45, 2.75) is 49.3 Å². The van der Waals surface area contributed by atoms with Crippen LogP contribution in [0.15, 0.2) is 59.6 Å². The van der Waals surface area contributed by atoms with Crippen LogP contribution in [0, 0.1) is 11.8 Å². The second-order valence-corrected chi connectivity index (χ2v) is 11.4. The van der Waals surface area contributed by atoms with E-state index >= 15 is 4.39 Å². The van der Waals surface area contributed by atoms with Crippen molar-refractivity contribution in [1.82, 2.24) is 9.88 Å². The van der Waals surface area contributed by atoms with Gasteiger partial charge in [0.05, 0.1) is 18.2 Å². The van der Waals surface area contributed by atoms with Gasteiger partial charge < -0.3 is 14.7 Å². The standard InChI is InChI=1S/C30H34F4N2O3S/c1-39-23-7-9-28-26(18-23)25(10-12-35-28)27(31)8-6-20-11-14-36(19-21(20)16-29(37)38)13-3-15-40-24-5-2-4-22(17-24)30(32,33)34/h2,4-5,7,9-10,12,17-18,20-21,27H,3,6,8,11,13-16,19H2,1H3,(H,37,38)/t20-,21+,27?/m1/s1. The van der Waals surface area contributed by atoms with Gasteiger partial charge in [0.25, 0.3) is 0 Å². The van der Waals surface area contributed by atoms with Crippen LogP contribution in [0.1, 0.15) is 49.4 Å². The van der Waals surface area contributed by atoms with Crippen LogP contribution in [0.25, 0.3) is 10.9 Å². The fraction of sp³-hybridized carbons (Fsp3) is 0.467. The summed E-state index contributed by atoms with van der Waals surface area (Å²) in [5, 5.41) is 10.2. The van der Waals surface area contributed by atoms with E-state index < -0.39 is 23.9 Å². The summed E-state index contributed by atoms with van der Waals surface area (Å²) in [6, 6.07) is 12.4. The van der Waals surface area contributed by atoms with Gasteiger partial charge in [-0.05, 0) is 104 Å². The summed E-state index contributed by atoms with van der Waals surface area (Å²) in [6.07, 6.45) is -1.47. The molecule has 0 amide bonds. The minimum atomic E-state index is -4.36. The molecule has 0 radical (unpaired) electrons. The molecule has 216 valence electrons. The lowest BCUT2D eigenvalue weighted by atomic mass is 9.79. The highest BCUT2D eigenvalue weighted by Crippen LogP contribution is 2.37. The lowest BCUT2D eigenvalue weighted by molar-refractivity contribution is -0.139. The molecular formula is C30H34F4N2O3S. The number of carbonyl (C=O) groups is 1.